The van der Waals surface area contributed by atoms with E-state index >= 15 is 0 Å². The van der Waals surface area contributed by atoms with Gasteiger partial charge in [-0.1, -0.05) is 60.2 Å². The number of aromatic hydroxyl groups is 1. The van der Waals surface area contributed by atoms with E-state index < -0.39 is 11.6 Å². The van der Waals surface area contributed by atoms with Crippen molar-refractivity contribution in [1.82, 2.24) is 10.2 Å². The molecule has 33 heavy (non-hydrogen) atoms. The van der Waals surface area contributed by atoms with Crippen LogP contribution in [0.3, 0.4) is 0 Å². The fraction of sp³-hybridized carbons (Fsp3) is 0.185. The van der Waals surface area contributed by atoms with Crippen molar-refractivity contribution < 1.29 is 19.8 Å². The summed E-state index contributed by atoms with van der Waals surface area (Å²) < 4.78 is 0. The van der Waals surface area contributed by atoms with Gasteiger partial charge in [-0.2, -0.15) is 0 Å². The van der Waals surface area contributed by atoms with Crippen molar-refractivity contribution in [3.05, 3.63) is 106 Å². The first kappa shape index (κ1) is 19.8. The number of nitrogens with zero attached hydrogens (tertiary/aromatic N) is 1. The van der Waals surface area contributed by atoms with Crippen molar-refractivity contribution in [2.24, 2.45) is 0 Å². The summed E-state index contributed by atoms with van der Waals surface area (Å²) in [5, 5.41) is 26.8. The molecule has 0 aromatic heterocycles. The van der Waals surface area contributed by atoms with Gasteiger partial charge in [0, 0.05) is 46.5 Å². The van der Waals surface area contributed by atoms with Gasteiger partial charge in [-0.15, -0.1) is 0 Å². The van der Waals surface area contributed by atoms with Gasteiger partial charge in [0.05, 0.1) is 11.6 Å². The third kappa shape index (κ3) is 2.52. The SMILES string of the molecule is Cc1ccc(O)c([C@H]2C3=C(NCCN4C(=O)c5ccccc5[C@]24O)c2ccccc2C3=O)c1. The number of nitrogens with one attached hydrogen (secondary N) is 1. The second-order valence-electron chi connectivity index (χ2n) is 8.81. The van der Waals surface area contributed by atoms with E-state index in [4.69, 9.17) is 0 Å². The van der Waals surface area contributed by atoms with E-state index in [2.05, 4.69) is 5.32 Å². The highest BCUT2D eigenvalue weighted by Crippen LogP contribution is 2.55. The van der Waals surface area contributed by atoms with Gasteiger partial charge < -0.3 is 20.4 Å². The Morgan fingerprint density at radius 3 is 2.45 bits per heavy atom. The molecular weight excluding hydrogens is 416 g/mol. The van der Waals surface area contributed by atoms with Crippen molar-refractivity contribution in [3.8, 4) is 5.75 Å². The standard InChI is InChI=1S/C27H22N2O4/c1-15-10-11-21(30)19(14-15)23-22-24(16-6-2-3-7-17(16)25(22)31)28-12-13-29-26(32)18-8-4-5-9-20(18)27(23,29)33/h2-11,14,23,28,30,33H,12-13H2,1H3/t23-,27-/m0/s1. The minimum Gasteiger partial charge on any atom is -0.508 e. The number of Topliss-reactive ketones (excluding diaryl/α,β-unsaturated/α-hetero) is 1. The Kier molecular flexibility index (Phi) is 4.07. The lowest BCUT2D eigenvalue weighted by Gasteiger charge is -2.43. The summed E-state index contributed by atoms with van der Waals surface area (Å²) in [6.07, 6.45) is 0. The zero-order valence-electron chi connectivity index (χ0n) is 18.0. The Morgan fingerprint density at radius 2 is 1.67 bits per heavy atom. The maximum absolute atomic E-state index is 13.8. The highest BCUT2D eigenvalue weighted by molar-refractivity contribution is 6.21. The van der Waals surface area contributed by atoms with Crippen LogP contribution in [-0.2, 0) is 5.72 Å². The zero-order valence-corrected chi connectivity index (χ0v) is 18.0. The number of hydrogen-bond donors (Lipinski definition) is 3. The van der Waals surface area contributed by atoms with E-state index in [1.165, 1.54) is 4.90 Å². The lowest BCUT2D eigenvalue weighted by atomic mass is 9.76. The van der Waals surface area contributed by atoms with Gasteiger partial charge in [-0.25, -0.2) is 0 Å². The molecule has 2 aliphatic heterocycles. The fourth-order valence-corrected chi connectivity index (χ4v) is 5.56. The van der Waals surface area contributed by atoms with Gasteiger partial charge in [-0.05, 0) is 19.1 Å². The first-order valence-corrected chi connectivity index (χ1v) is 11.0. The summed E-state index contributed by atoms with van der Waals surface area (Å²) in [5.41, 5.74) is 2.60. The Balaban J connectivity index is 1.71. The number of rotatable bonds is 1. The maximum atomic E-state index is 13.8. The maximum Gasteiger partial charge on any atom is 0.256 e. The molecule has 164 valence electrons. The van der Waals surface area contributed by atoms with E-state index in [9.17, 15) is 19.8 Å². The summed E-state index contributed by atoms with van der Waals surface area (Å²) in [7, 11) is 0. The van der Waals surface area contributed by atoms with Crippen LogP contribution in [-0.4, -0.2) is 39.9 Å². The molecule has 0 saturated heterocycles. The van der Waals surface area contributed by atoms with Crippen LogP contribution in [0, 0.1) is 6.92 Å². The molecule has 3 aromatic rings. The van der Waals surface area contributed by atoms with Crippen LogP contribution < -0.4 is 5.32 Å². The third-order valence-electron chi connectivity index (χ3n) is 6.99. The molecule has 3 N–H and O–H groups in total. The minimum absolute atomic E-state index is 0.0352. The number of carbonyl (C=O) groups excluding carboxylic acids is 2. The molecule has 0 saturated carbocycles. The Morgan fingerprint density at radius 1 is 0.970 bits per heavy atom. The highest BCUT2D eigenvalue weighted by Gasteiger charge is 2.58. The van der Waals surface area contributed by atoms with Crippen LogP contribution in [0.2, 0.25) is 0 Å². The largest absolute Gasteiger partial charge is 0.508 e. The molecule has 0 bridgehead atoms. The summed E-state index contributed by atoms with van der Waals surface area (Å²) in [5.74, 6) is -1.54. The summed E-state index contributed by atoms with van der Waals surface area (Å²) in [6, 6.07) is 19.4. The predicted molar refractivity (Wildman–Crippen MR) is 123 cm³/mol. The molecular formula is C27H22N2O4. The number of phenolic OH excluding ortho intramolecular Hbond substituents is 1. The van der Waals surface area contributed by atoms with E-state index in [0.29, 0.717) is 40.1 Å². The average Bonchev–Trinajstić information content (AvgIpc) is 3.20. The molecule has 6 heteroatoms. The van der Waals surface area contributed by atoms with Crippen molar-refractivity contribution in [1.29, 1.82) is 0 Å². The summed E-state index contributed by atoms with van der Waals surface area (Å²) >= 11 is 0. The Hall–Kier alpha value is -3.90. The van der Waals surface area contributed by atoms with Crippen molar-refractivity contribution in [2.75, 3.05) is 13.1 Å². The van der Waals surface area contributed by atoms with Crippen LogP contribution in [0.25, 0.3) is 5.70 Å². The van der Waals surface area contributed by atoms with Crippen LogP contribution in [0.15, 0.2) is 72.3 Å². The number of phenols is 1. The molecule has 6 nitrogen and oxygen atoms in total. The lowest BCUT2D eigenvalue weighted by Crippen LogP contribution is -2.52. The molecule has 0 unspecified atom stereocenters. The molecule has 0 radical (unpaired) electrons. The highest BCUT2D eigenvalue weighted by atomic mass is 16.3. The predicted octanol–water partition coefficient (Wildman–Crippen LogP) is 3.30. The fourth-order valence-electron chi connectivity index (χ4n) is 5.56. The normalized spacial score (nSPS) is 23.3. The number of benzene rings is 3. The van der Waals surface area contributed by atoms with E-state index in [1.807, 2.05) is 25.1 Å². The van der Waals surface area contributed by atoms with Crippen molar-refractivity contribution in [3.63, 3.8) is 0 Å². The van der Waals surface area contributed by atoms with E-state index in [1.54, 1.807) is 48.5 Å². The van der Waals surface area contributed by atoms with Crippen LogP contribution >= 0.6 is 0 Å². The molecule has 6 rings (SSSR count). The first-order valence-electron chi connectivity index (χ1n) is 11.0. The third-order valence-corrected chi connectivity index (χ3v) is 6.99. The number of fused-ring (bicyclic) bond motifs is 5. The lowest BCUT2D eigenvalue weighted by molar-refractivity contribution is -0.0972. The Bertz CT molecular complexity index is 1390. The summed E-state index contributed by atoms with van der Waals surface area (Å²) in [4.78, 5) is 28.6. The molecule has 0 fully saturated rings. The number of ketones is 1. The van der Waals surface area contributed by atoms with E-state index in [-0.39, 0.29) is 24.0 Å². The van der Waals surface area contributed by atoms with Gasteiger partial charge in [-0.3, -0.25) is 9.59 Å². The van der Waals surface area contributed by atoms with Crippen molar-refractivity contribution >= 4 is 17.4 Å². The number of aliphatic hydroxyl groups is 1. The van der Waals surface area contributed by atoms with Crippen LogP contribution in [0.4, 0.5) is 0 Å². The van der Waals surface area contributed by atoms with Gasteiger partial charge in [0.15, 0.2) is 11.5 Å². The molecule has 2 atom stereocenters. The molecule has 1 amide bonds. The first-order chi connectivity index (χ1) is 15.9. The van der Waals surface area contributed by atoms with Crippen molar-refractivity contribution in [2.45, 2.75) is 18.6 Å². The molecule has 3 aliphatic rings. The van der Waals surface area contributed by atoms with Gasteiger partial charge in [0.2, 0.25) is 0 Å². The minimum atomic E-state index is -1.83. The molecule has 0 spiro atoms. The topological polar surface area (TPSA) is 89.9 Å². The molecule has 1 aliphatic carbocycles. The van der Waals surface area contributed by atoms with Gasteiger partial charge >= 0.3 is 0 Å². The molecule has 3 aromatic carbocycles. The summed E-state index contributed by atoms with van der Waals surface area (Å²) in [6.45, 7) is 2.50. The van der Waals surface area contributed by atoms with Gasteiger partial charge in [0.1, 0.15) is 5.75 Å². The number of amides is 1. The number of hydrogen-bond acceptors (Lipinski definition) is 5. The van der Waals surface area contributed by atoms with Gasteiger partial charge in [0.25, 0.3) is 5.91 Å². The van der Waals surface area contributed by atoms with Crippen LogP contribution in [0.1, 0.15) is 48.9 Å². The second kappa shape index (κ2) is 6.80. The Labute approximate surface area is 190 Å². The van der Waals surface area contributed by atoms with Crippen LogP contribution in [0.5, 0.6) is 5.75 Å². The number of aryl methyl sites for hydroxylation is 1. The number of carbonyl (C=O) groups is 2. The smallest absolute Gasteiger partial charge is 0.256 e. The van der Waals surface area contributed by atoms with E-state index in [0.717, 1.165) is 11.1 Å². The second-order valence-corrected chi connectivity index (χ2v) is 8.81. The average molecular weight is 438 g/mol. The quantitative estimate of drug-likeness (QED) is 0.543. The zero-order chi connectivity index (χ0) is 22.9. The monoisotopic (exact) mass is 438 g/mol. The molecule has 2 heterocycles.